The van der Waals surface area contributed by atoms with Crippen LogP contribution in [-0.4, -0.2) is 57.3 Å². The molecule has 2 aliphatic heterocycles. The maximum atomic E-state index is 12.9. The van der Waals surface area contributed by atoms with Gasteiger partial charge in [-0.1, -0.05) is 0 Å². The van der Waals surface area contributed by atoms with Crippen LogP contribution in [0.2, 0.25) is 0 Å². The maximum absolute atomic E-state index is 12.9. The van der Waals surface area contributed by atoms with Gasteiger partial charge in [0.15, 0.2) is 0 Å². The first kappa shape index (κ1) is 19.4. The smallest absolute Gasteiger partial charge is 0.318 e. The van der Waals surface area contributed by atoms with Gasteiger partial charge in [0.05, 0.1) is 11.9 Å². The van der Waals surface area contributed by atoms with Crippen LogP contribution in [0.4, 0.5) is 10.5 Å². The third kappa shape index (κ3) is 4.11. The van der Waals surface area contributed by atoms with E-state index in [0.29, 0.717) is 32.0 Å². The molecule has 0 spiro atoms. The van der Waals surface area contributed by atoms with Crippen LogP contribution in [0.15, 0.2) is 36.8 Å². The van der Waals surface area contributed by atoms with E-state index in [1.807, 2.05) is 27.9 Å². The summed E-state index contributed by atoms with van der Waals surface area (Å²) in [5.41, 5.74) is 2.03. The molecule has 4 rings (SSSR count). The largest absolute Gasteiger partial charge is 0.326 e. The number of anilines is 1. The lowest BCUT2D eigenvalue weighted by atomic mass is 9.93. The molecule has 2 fully saturated rings. The van der Waals surface area contributed by atoms with E-state index in [-0.39, 0.29) is 11.9 Å². The van der Waals surface area contributed by atoms with E-state index in [2.05, 4.69) is 28.4 Å². The van der Waals surface area contributed by atoms with E-state index in [0.717, 1.165) is 31.5 Å². The van der Waals surface area contributed by atoms with Gasteiger partial charge in [0, 0.05) is 50.2 Å². The van der Waals surface area contributed by atoms with Crippen molar-refractivity contribution in [1.29, 1.82) is 0 Å². The van der Waals surface area contributed by atoms with Crippen molar-refractivity contribution < 1.29 is 9.59 Å². The number of piperidine rings is 2. The highest BCUT2D eigenvalue weighted by Gasteiger charge is 2.33. The molecule has 3 amide bonds. The van der Waals surface area contributed by atoms with Crippen LogP contribution in [0.5, 0.6) is 0 Å². The van der Waals surface area contributed by atoms with E-state index in [9.17, 15) is 9.59 Å². The molecule has 29 heavy (non-hydrogen) atoms. The highest BCUT2D eigenvalue weighted by molar-refractivity contribution is 5.99. The first-order valence-electron chi connectivity index (χ1n) is 10.5. The van der Waals surface area contributed by atoms with Gasteiger partial charge >= 0.3 is 6.03 Å². The molecule has 2 saturated heterocycles. The van der Waals surface area contributed by atoms with Crippen molar-refractivity contribution in [2.24, 2.45) is 0 Å². The number of nitrogens with zero attached hydrogens (tertiary/aromatic N) is 5. The minimum absolute atomic E-state index is 0.0562. The van der Waals surface area contributed by atoms with Crippen LogP contribution in [0.3, 0.4) is 0 Å². The molecule has 0 bridgehead atoms. The van der Waals surface area contributed by atoms with Gasteiger partial charge in [-0.25, -0.2) is 4.79 Å². The van der Waals surface area contributed by atoms with Crippen molar-refractivity contribution in [2.45, 2.75) is 51.1 Å². The highest BCUT2D eigenvalue weighted by Crippen LogP contribution is 2.28. The Balaban J connectivity index is 1.33. The Kier molecular flexibility index (Phi) is 5.78. The van der Waals surface area contributed by atoms with Gasteiger partial charge in [-0.05, 0) is 50.8 Å². The van der Waals surface area contributed by atoms with Crippen molar-refractivity contribution >= 4 is 17.6 Å². The summed E-state index contributed by atoms with van der Waals surface area (Å²) < 4.78 is 2.04. The molecule has 0 aromatic carbocycles. The van der Waals surface area contributed by atoms with E-state index in [1.54, 1.807) is 17.3 Å². The summed E-state index contributed by atoms with van der Waals surface area (Å²) in [7, 11) is 0. The summed E-state index contributed by atoms with van der Waals surface area (Å²) in [6.45, 7) is 5.00. The second-order valence-corrected chi connectivity index (χ2v) is 7.68. The third-order valence-corrected chi connectivity index (χ3v) is 5.94. The van der Waals surface area contributed by atoms with Gasteiger partial charge in [0.2, 0.25) is 5.91 Å². The van der Waals surface area contributed by atoms with Gasteiger partial charge in [-0.15, -0.1) is 0 Å². The van der Waals surface area contributed by atoms with Crippen LogP contribution in [0.25, 0.3) is 0 Å². The monoisotopic (exact) mass is 396 g/mol. The number of rotatable bonds is 4. The fourth-order valence-electron chi connectivity index (χ4n) is 4.35. The number of aromatic nitrogens is 3. The molecule has 0 aliphatic carbocycles. The third-order valence-electron chi connectivity index (χ3n) is 5.94. The van der Waals surface area contributed by atoms with E-state index < -0.39 is 6.04 Å². The molecule has 8 nitrogen and oxygen atoms in total. The summed E-state index contributed by atoms with van der Waals surface area (Å²) in [5, 5.41) is 7.33. The number of likely N-dealkylation sites (tertiary alicyclic amines) is 1. The lowest BCUT2D eigenvalue weighted by molar-refractivity contribution is -0.121. The average Bonchev–Trinajstić information content (AvgIpc) is 3.25. The predicted octanol–water partition coefficient (Wildman–Crippen LogP) is 2.38. The zero-order chi connectivity index (χ0) is 20.2. The Morgan fingerprint density at radius 1 is 1.17 bits per heavy atom. The van der Waals surface area contributed by atoms with Crippen molar-refractivity contribution in [1.82, 2.24) is 25.0 Å². The average molecular weight is 396 g/mol. The zero-order valence-electron chi connectivity index (χ0n) is 16.8. The quantitative estimate of drug-likeness (QED) is 0.860. The first-order valence-corrected chi connectivity index (χ1v) is 10.5. The van der Waals surface area contributed by atoms with Crippen LogP contribution < -0.4 is 10.2 Å². The molecule has 1 atom stereocenters. The molecule has 2 aliphatic rings. The molecule has 8 heteroatoms. The summed E-state index contributed by atoms with van der Waals surface area (Å²) in [6, 6.07) is 5.16. The Morgan fingerprint density at radius 3 is 2.72 bits per heavy atom. The predicted molar refractivity (Wildman–Crippen MR) is 110 cm³/mol. The molecule has 2 aromatic heterocycles. The number of hydrogen-bond acceptors (Lipinski definition) is 4. The number of aryl methyl sites for hydroxylation is 1. The zero-order valence-corrected chi connectivity index (χ0v) is 16.8. The van der Waals surface area contributed by atoms with Crippen LogP contribution >= 0.6 is 0 Å². The molecular weight excluding hydrogens is 368 g/mol. The normalized spacial score (nSPS) is 20.7. The molecule has 1 N–H and O–H groups in total. The molecule has 4 heterocycles. The summed E-state index contributed by atoms with van der Waals surface area (Å²) in [6.07, 6.45) is 8.59. The number of pyridine rings is 1. The van der Waals surface area contributed by atoms with Gasteiger partial charge in [-0.3, -0.25) is 14.5 Å². The van der Waals surface area contributed by atoms with Crippen molar-refractivity contribution in [2.75, 3.05) is 24.5 Å². The Labute approximate surface area is 170 Å². The Morgan fingerprint density at radius 2 is 2.00 bits per heavy atom. The standard InChI is InChI=1S/C21H28N6O2/c1-2-27-19(7-11-23-27)16-8-13-25(14-9-16)21(29)24-18-6-4-12-26(20(18)28)17-5-3-10-22-15-17/h3,5,7,10-11,15-16,18H,2,4,6,8-9,12-14H2,1H3,(H,24,29). The van der Waals surface area contributed by atoms with Crippen LogP contribution in [0, 0.1) is 0 Å². The second kappa shape index (κ2) is 8.63. The van der Waals surface area contributed by atoms with Crippen molar-refractivity contribution in [3.63, 3.8) is 0 Å². The number of urea groups is 1. The van der Waals surface area contributed by atoms with E-state index in [1.165, 1.54) is 5.69 Å². The number of carbonyl (C=O) groups excluding carboxylic acids is 2. The van der Waals surface area contributed by atoms with Crippen molar-refractivity contribution in [3.8, 4) is 0 Å². The Hall–Kier alpha value is -2.90. The van der Waals surface area contributed by atoms with E-state index >= 15 is 0 Å². The lowest BCUT2D eigenvalue weighted by Gasteiger charge is -2.36. The summed E-state index contributed by atoms with van der Waals surface area (Å²) in [4.78, 5) is 33.3. The SMILES string of the molecule is CCn1nccc1C1CCN(C(=O)NC2CCCN(c3cccnc3)C2=O)CC1. The molecule has 0 radical (unpaired) electrons. The number of amides is 3. The topological polar surface area (TPSA) is 83.4 Å². The molecule has 2 aromatic rings. The summed E-state index contributed by atoms with van der Waals surface area (Å²) in [5.74, 6) is 0.373. The minimum Gasteiger partial charge on any atom is -0.326 e. The first-order chi connectivity index (χ1) is 14.2. The molecular formula is C21H28N6O2. The van der Waals surface area contributed by atoms with Gasteiger partial charge in [0.1, 0.15) is 6.04 Å². The van der Waals surface area contributed by atoms with Gasteiger partial charge in [-0.2, -0.15) is 5.10 Å². The van der Waals surface area contributed by atoms with Crippen LogP contribution in [0.1, 0.15) is 44.2 Å². The lowest BCUT2D eigenvalue weighted by Crippen LogP contribution is -2.56. The molecule has 154 valence electrons. The minimum atomic E-state index is -0.476. The van der Waals surface area contributed by atoms with Gasteiger partial charge < -0.3 is 15.1 Å². The highest BCUT2D eigenvalue weighted by atomic mass is 16.2. The summed E-state index contributed by atoms with van der Waals surface area (Å²) >= 11 is 0. The Bertz CT molecular complexity index is 844. The second-order valence-electron chi connectivity index (χ2n) is 7.68. The fraction of sp³-hybridized carbons (Fsp3) is 0.524. The van der Waals surface area contributed by atoms with Crippen LogP contribution in [-0.2, 0) is 11.3 Å². The number of nitrogens with one attached hydrogen (secondary N) is 1. The van der Waals surface area contributed by atoms with Crippen molar-refractivity contribution in [3.05, 3.63) is 42.5 Å². The fourth-order valence-corrected chi connectivity index (χ4v) is 4.35. The van der Waals surface area contributed by atoms with E-state index in [4.69, 9.17) is 0 Å². The van der Waals surface area contributed by atoms with Gasteiger partial charge in [0.25, 0.3) is 0 Å². The molecule has 1 unspecified atom stereocenters. The number of hydrogen-bond donors (Lipinski definition) is 1. The number of carbonyl (C=O) groups is 2. The maximum Gasteiger partial charge on any atom is 0.318 e. The molecule has 0 saturated carbocycles.